The van der Waals surface area contributed by atoms with E-state index in [0.29, 0.717) is 25.0 Å². The Labute approximate surface area is 123 Å². The lowest BCUT2D eigenvalue weighted by Crippen LogP contribution is -2.31. The molecule has 5 nitrogen and oxygen atoms in total. The minimum absolute atomic E-state index is 0. The van der Waals surface area contributed by atoms with E-state index in [4.69, 9.17) is 5.73 Å². The topological polar surface area (TPSA) is 76.2 Å². The van der Waals surface area contributed by atoms with Crippen LogP contribution in [0, 0.1) is 0 Å². The second-order valence-electron chi connectivity index (χ2n) is 3.56. The average molecular weight is 367 g/mol. The zero-order valence-corrected chi connectivity index (χ0v) is 13.2. The Morgan fingerprint density at radius 1 is 1.59 bits per heavy atom. The Morgan fingerprint density at radius 2 is 2.29 bits per heavy atom. The van der Waals surface area contributed by atoms with Gasteiger partial charge in [0.1, 0.15) is 10.0 Å². The molecule has 7 heteroatoms. The van der Waals surface area contributed by atoms with Crippen LogP contribution in [0.5, 0.6) is 0 Å². The Kier molecular flexibility index (Phi) is 8.05. The van der Waals surface area contributed by atoms with Gasteiger partial charge in [-0.05, 0) is 0 Å². The first kappa shape index (κ1) is 16.3. The summed E-state index contributed by atoms with van der Waals surface area (Å²) in [6, 6.07) is 0. The van der Waals surface area contributed by atoms with Gasteiger partial charge in [0, 0.05) is 12.5 Å². The molecule has 0 aliphatic carbocycles. The molecule has 0 spiro atoms. The molecule has 0 aromatic carbocycles. The van der Waals surface area contributed by atoms with Crippen molar-refractivity contribution in [3.63, 3.8) is 0 Å². The highest BCUT2D eigenvalue weighted by atomic mass is 127. The van der Waals surface area contributed by atoms with Crippen molar-refractivity contribution in [3.05, 3.63) is 22.7 Å². The SMILES string of the molecule is C=CCNC(N)=NCc1nnc(C(C)C)s1.I. The van der Waals surface area contributed by atoms with Crippen molar-refractivity contribution >= 4 is 41.3 Å². The van der Waals surface area contributed by atoms with Crippen molar-refractivity contribution in [1.29, 1.82) is 0 Å². The van der Waals surface area contributed by atoms with E-state index in [1.807, 2.05) is 0 Å². The summed E-state index contributed by atoms with van der Waals surface area (Å²) in [6.45, 7) is 8.85. The summed E-state index contributed by atoms with van der Waals surface area (Å²) in [6.07, 6.45) is 1.73. The molecule has 1 aromatic heterocycles. The van der Waals surface area contributed by atoms with Crippen LogP contribution in [-0.4, -0.2) is 22.7 Å². The zero-order valence-electron chi connectivity index (χ0n) is 10.0. The summed E-state index contributed by atoms with van der Waals surface area (Å²) >= 11 is 1.57. The van der Waals surface area contributed by atoms with Gasteiger partial charge in [-0.3, -0.25) is 0 Å². The molecule has 17 heavy (non-hydrogen) atoms. The van der Waals surface area contributed by atoms with E-state index >= 15 is 0 Å². The van der Waals surface area contributed by atoms with Crippen molar-refractivity contribution in [2.75, 3.05) is 6.54 Å². The quantitative estimate of drug-likeness (QED) is 0.361. The average Bonchev–Trinajstić information content (AvgIpc) is 2.72. The molecule has 0 bridgehead atoms. The molecule has 0 atom stereocenters. The predicted molar refractivity (Wildman–Crippen MR) is 82.9 cm³/mol. The molecule has 1 heterocycles. The highest BCUT2D eigenvalue weighted by Crippen LogP contribution is 2.19. The molecular formula is C10H18IN5S. The van der Waals surface area contributed by atoms with E-state index in [9.17, 15) is 0 Å². The van der Waals surface area contributed by atoms with Gasteiger partial charge >= 0.3 is 0 Å². The molecular weight excluding hydrogens is 349 g/mol. The number of aliphatic imine (C=N–C) groups is 1. The molecule has 0 aliphatic heterocycles. The lowest BCUT2D eigenvalue weighted by Gasteiger charge is -2.00. The molecule has 96 valence electrons. The van der Waals surface area contributed by atoms with Crippen molar-refractivity contribution < 1.29 is 0 Å². The maximum Gasteiger partial charge on any atom is 0.189 e. The monoisotopic (exact) mass is 367 g/mol. The number of halogens is 1. The van der Waals surface area contributed by atoms with Crippen LogP contribution in [0.1, 0.15) is 29.8 Å². The van der Waals surface area contributed by atoms with Crippen molar-refractivity contribution in [3.8, 4) is 0 Å². The van der Waals surface area contributed by atoms with E-state index in [1.54, 1.807) is 17.4 Å². The first-order valence-corrected chi connectivity index (χ1v) is 5.92. The van der Waals surface area contributed by atoms with Crippen molar-refractivity contribution in [2.45, 2.75) is 26.3 Å². The highest BCUT2D eigenvalue weighted by Gasteiger charge is 2.06. The Hall–Kier alpha value is -0.700. The normalized spacial score (nSPS) is 11.1. The number of hydrogen-bond donors (Lipinski definition) is 2. The summed E-state index contributed by atoms with van der Waals surface area (Å²) in [4.78, 5) is 4.15. The molecule has 0 fully saturated rings. The summed E-state index contributed by atoms with van der Waals surface area (Å²) < 4.78 is 0. The van der Waals surface area contributed by atoms with Crippen LogP contribution in [0.4, 0.5) is 0 Å². The summed E-state index contributed by atoms with van der Waals surface area (Å²) in [5.41, 5.74) is 5.62. The smallest absolute Gasteiger partial charge is 0.189 e. The second kappa shape index (κ2) is 8.40. The molecule has 1 rings (SSSR count). The van der Waals surface area contributed by atoms with Gasteiger partial charge in [-0.15, -0.1) is 40.8 Å². The fourth-order valence-corrected chi connectivity index (χ4v) is 1.72. The number of guanidine groups is 1. The number of nitrogens with two attached hydrogens (primary N) is 1. The van der Waals surface area contributed by atoms with Crippen molar-refractivity contribution in [2.24, 2.45) is 10.7 Å². The van der Waals surface area contributed by atoms with Crippen LogP contribution in [0.2, 0.25) is 0 Å². The second-order valence-corrected chi connectivity index (χ2v) is 4.65. The fourth-order valence-electron chi connectivity index (χ4n) is 0.949. The van der Waals surface area contributed by atoms with Gasteiger partial charge in [0.15, 0.2) is 5.96 Å². The number of nitrogens with one attached hydrogen (secondary N) is 1. The summed E-state index contributed by atoms with van der Waals surface area (Å²) in [5.74, 6) is 0.813. The van der Waals surface area contributed by atoms with E-state index in [1.165, 1.54) is 0 Å². The number of aromatic nitrogens is 2. The van der Waals surface area contributed by atoms with Gasteiger partial charge in [0.25, 0.3) is 0 Å². The Balaban J connectivity index is 0.00000256. The summed E-state index contributed by atoms with van der Waals surface area (Å²) in [5, 5.41) is 12.9. The van der Waals surface area contributed by atoms with Crippen molar-refractivity contribution in [1.82, 2.24) is 15.5 Å². The van der Waals surface area contributed by atoms with Crippen LogP contribution in [0.3, 0.4) is 0 Å². The van der Waals surface area contributed by atoms with Crippen LogP contribution >= 0.6 is 35.3 Å². The molecule has 0 amide bonds. The summed E-state index contributed by atoms with van der Waals surface area (Å²) in [7, 11) is 0. The third-order valence-corrected chi connectivity index (χ3v) is 3.00. The lowest BCUT2D eigenvalue weighted by molar-refractivity contribution is 0.816. The fraction of sp³-hybridized carbons (Fsp3) is 0.500. The van der Waals surface area contributed by atoms with E-state index < -0.39 is 0 Å². The van der Waals surface area contributed by atoms with Gasteiger partial charge in [-0.2, -0.15) is 0 Å². The minimum atomic E-state index is 0. The van der Waals surface area contributed by atoms with Gasteiger partial charge in [-0.25, -0.2) is 4.99 Å². The first-order valence-electron chi connectivity index (χ1n) is 5.10. The number of nitrogens with zero attached hydrogens (tertiary/aromatic N) is 3. The third-order valence-electron chi connectivity index (χ3n) is 1.79. The maximum absolute atomic E-state index is 5.62. The van der Waals surface area contributed by atoms with E-state index in [0.717, 1.165) is 10.0 Å². The molecule has 0 saturated carbocycles. The maximum atomic E-state index is 5.62. The largest absolute Gasteiger partial charge is 0.370 e. The van der Waals surface area contributed by atoms with Gasteiger partial charge < -0.3 is 11.1 Å². The van der Waals surface area contributed by atoms with E-state index in [-0.39, 0.29) is 24.0 Å². The zero-order chi connectivity index (χ0) is 12.0. The molecule has 3 N–H and O–H groups in total. The highest BCUT2D eigenvalue weighted by molar-refractivity contribution is 14.0. The molecule has 0 radical (unpaired) electrons. The molecule has 0 saturated heterocycles. The standard InChI is InChI=1S/C10H17N5S.HI/c1-4-5-12-10(11)13-6-8-14-15-9(16-8)7(2)3;/h4,7H,1,5-6H2,2-3H3,(H3,11,12,13);1H. The molecule has 0 aliphatic rings. The Bertz CT molecular complexity index is 375. The predicted octanol–water partition coefficient (Wildman–Crippen LogP) is 1.87. The lowest BCUT2D eigenvalue weighted by atomic mass is 10.2. The van der Waals surface area contributed by atoms with Crippen LogP contribution in [-0.2, 0) is 6.54 Å². The first-order chi connectivity index (χ1) is 7.63. The van der Waals surface area contributed by atoms with Crippen LogP contribution in [0.25, 0.3) is 0 Å². The van der Waals surface area contributed by atoms with E-state index in [2.05, 4.69) is 40.9 Å². The van der Waals surface area contributed by atoms with Gasteiger partial charge in [-0.1, -0.05) is 31.3 Å². The molecule has 0 unspecified atom stereocenters. The number of rotatable bonds is 5. The van der Waals surface area contributed by atoms with Gasteiger partial charge in [0.2, 0.25) is 0 Å². The van der Waals surface area contributed by atoms with Crippen LogP contribution in [0.15, 0.2) is 17.6 Å². The third kappa shape index (κ3) is 5.97. The van der Waals surface area contributed by atoms with Gasteiger partial charge in [0.05, 0.1) is 6.54 Å². The number of hydrogen-bond acceptors (Lipinski definition) is 4. The molecule has 1 aromatic rings. The van der Waals surface area contributed by atoms with Crippen LogP contribution < -0.4 is 11.1 Å². The Morgan fingerprint density at radius 3 is 2.82 bits per heavy atom. The minimum Gasteiger partial charge on any atom is -0.370 e.